The van der Waals surface area contributed by atoms with Crippen LogP contribution in [-0.2, 0) is 25.6 Å². The fourth-order valence-corrected chi connectivity index (χ4v) is 4.07. The molecule has 0 bridgehead atoms. The average molecular weight is 583 g/mol. The van der Waals surface area contributed by atoms with Crippen LogP contribution >= 0.6 is 0 Å². The molecule has 0 saturated heterocycles. The van der Waals surface area contributed by atoms with Gasteiger partial charge in [-0.3, -0.25) is 19.2 Å². The lowest BCUT2D eigenvalue weighted by atomic mass is 10.0. The molecular weight excluding hydrogens is 536 g/mol. The van der Waals surface area contributed by atoms with E-state index in [0.717, 1.165) is 44.1 Å². The number of carbonyl (C=O) groups excluding carboxylic acids is 4. The molecule has 0 unspecified atom stereocenters. The van der Waals surface area contributed by atoms with Gasteiger partial charge in [0, 0.05) is 39.3 Å². The van der Waals surface area contributed by atoms with Gasteiger partial charge in [0.05, 0.1) is 0 Å². The Hall–Kier alpha value is -3.94. The smallest absolute Gasteiger partial charge is 0.308 e. The van der Waals surface area contributed by atoms with Crippen LogP contribution in [0.4, 0.5) is 0 Å². The first-order valence-corrected chi connectivity index (χ1v) is 14.2. The number of hydrogen-bond donors (Lipinski definition) is 0. The highest BCUT2D eigenvalue weighted by molar-refractivity contribution is 5.80. The Bertz CT molecular complexity index is 1200. The molecule has 1 aromatic rings. The molecule has 0 saturated carbocycles. The molecule has 0 N–H and O–H groups in total. The maximum absolute atomic E-state index is 11.9. The molecule has 42 heavy (non-hydrogen) atoms. The SMILES string of the molecule is CC(=O)Oc1cc(OC(C)=O)c(OC(C)=O)c(CC=C(C)CCC=C(C)CCC=C(C)CCC=C(C)C)c1OC(C)=O. The first-order chi connectivity index (χ1) is 19.7. The molecule has 0 aliphatic heterocycles. The van der Waals surface area contributed by atoms with E-state index in [2.05, 4.69) is 45.9 Å². The lowest BCUT2D eigenvalue weighted by Gasteiger charge is -2.19. The van der Waals surface area contributed by atoms with E-state index in [1.165, 1.54) is 50.5 Å². The van der Waals surface area contributed by atoms with Gasteiger partial charge in [0.2, 0.25) is 0 Å². The zero-order valence-corrected chi connectivity index (χ0v) is 26.6. The van der Waals surface area contributed by atoms with Gasteiger partial charge in [0.25, 0.3) is 0 Å². The third kappa shape index (κ3) is 14.6. The second-order valence-electron chi connectivity index (χ2n) is 10.6. The molecule has 8 nitrogen and oxygen atoms in total. The van der Waals surface area contributed by atoms with Crippen molar-refractivity contribution in [2.24, 2.45) is 0 Å². The Morgan fingerprint density at radius 2 is 0.881 bits per heavy atom. The summed E-state index contributed by atoms with van der Waals surface area (Å²) in [5, 5.41) is 0. The minimum absolute atomic E-state index is 0.0890. The fourth-order valence-electron chi connectivity index (χ4n) is 4.07. The highest BCUT2D eigenvalue weighted by Gasteiger charge is 2.26. The summed E-state index contributed by atoms with van der Waals surface area (Å²) in [6.45, 7) is 15.3. The maximum Gasteiger partial charge on any atom is 0.308 e. The normalized spacial score (nSPS) is 12.0. The Labute approximate surface area is 250 Å². The van der Waals surface area contributed by atoms with Crippen LogP contribution in [0.1, 0.15) is 106 Å². The number of carbonyl (C=O) groups is 4. The van der Waals surface area contributed by atoms with E-state index in [1.54, 1.807) is 0 Å². The van der Waals surface area contributed by atoms with Crippen LogP contribution in [0, 0.1) is 0 Å². The van der Waals surface area contributed by atoms with Gasteiger partial charge in [-0.05, 0) is 79.6 Å². The van der Waals surface area contributed by atoms with Crippen LogP contribution in [-0.4, -0.2) is 23.9 Å². The number of ether oxygens (including phenoxy) is 4. The predicted molar refractivity (Wildman–Crippen MR) is 164 cm³/mol. The summed E-state index contributed by atoms with van der Waals surface area (Å²) in [5.41, 5.74) is 5.36. The highest BCUT2D eigenvalue weighted by Crippen LogP contribution is 2.46. The molecular formula is C34H46O8. The molecule has 8 heteroatoms. The Balaban J connectivity index is 3.15. The van der Waals surface area contributed by atoms with Crippen LogP contribution < -0.4 is 18.9 Å². The molecule has 0 atom stereocenters. The van der Waals surface area contributed by atoms with Crippen molar-refractivity contribution in [3.05, 3.63) is 58.2 Å². The average Bonchev–Trinajstić information content (AvgIpc) is 2.84. The molecule has 0 fully saturated rings. The van der Waals surface area contributed by atoms with Crippen molar-refractivity contribution in [1.29, 1.82) is 0 Å². The minimum Gasteiger partial charge on any atom is -0.423 e. The van der Waals surface area contributed by atoms with E-state index >= 15 is 0 Å². The van der Waals surface area contributed by atoms with Gasteiger partial charge in [-0.25, -0.2) is 0 Å². The van der Waals surface area contributed by atoms with Crippen LogP contribution in [0.25, 0.3) is 0 Å². The molecule has 0 spiro atoms. The van der Waals surface area contributed by atoms with Crippen LogP contribution in [0.2, 0.25) is 0 Å². The summed E-state index contributed by atoms with van der Waals surface area (Å²) in [6, 6.07) is 1.19. The summed E-state index contributed by atoms with van der Waals surface area (Å²) in [4.78, 5) is 47.5. The molecule has 0 radical (unpaired) electrons. The van der Waals surface area contributed by atoms with Crippen molar-refractivity contribution in [3.63, 3.8) is 0 Å². The largest absolute Gasteiger partial charge is 0.423 e. The molecule has 1 rings (SSSR count). The summed E-state index contributed by atoms with van der Waals surface area (Å²) < 4.78 is 21.3. The van der Waals surface area contributed by atoms with Gasteiger partial charge < -0.3 is 18.9 Å². The molecule has 230 valence electrons. The van der Waals surface area contributed by atoms with E-state index in [1.807, 2.05) is 13.0 Å². The third-order valence-electron chi connectivity index (χ3n) is 6.07. The number of hydrogen-bond acceptors (Lipinski definition) is 8. The zero-order valence-electron chi connectivity index (χ0n) is 26.6. The molecule has 0 heterocycles. The van der Waals surface area contributed by atoms with Gasteiger partial charge in [-0.15, -0.1) is 0 Å². The first-order valence-electron chi connectivity index (χ1n) is 14.2. The van der Waals surface area contributed by atoms with Gasteiger partial charge in [-0.2, -0.15) is 0 Å². The monoisotopic (exact) mass is 582 g/mol. The number of rotatable bonds is 15. The lowest BCUT2D eigenvalue weighted by molar-refractivity contribution is -0.135. The van der Waals surface area contributed by atoms with Crippen molar-refractivity contribution in [1.82, 2.24) is 0 Å². The van der Waals surface area contributed by atoms with Crippen LogP contribution in [0.3, 0.4) is 0 Å². The Morgan fingerprint density at radius 3 is 1.24 bits per heavy atom. The number of allylic oxidation sites excluding steroid dienone is 8. The molecule has 0 aliphatic carbocycles. The van der Waals surface area contributed by atoms with E-state index < -0.39 is 23.9 Å². The number of benzene rings is 1. The van der Waals surface area contributed by atoms with Crippen molar-refractivity contribution in [2.45, 2.75) is 107 Å². The summed E-state index contributed by atoms with van der Waals surface area (Å²) in [7, 11) is 0. The molecule has 0 amide bonds. The minimum atomic E-state index is -0.674. The Morgan fingerprint density at radius 1 is 0.524 bits per heavy atom. The highest BCUT2D eigenvalue weighted by atomic mass is 16.6. The standard InChI is InChI=1S/C34H46O8/c1-22(2)13-10-14-23(3)15-11-16-24(4)17-12-18-25(5)19-20-30-33(41-28(8)37)31(39-26(6)35)21-32(40-27(7)36)34(30)42-29(9)38/h13,15,17,19,21H,10-12,14,16,18,20H2,1-9H3. The van der Waals surface area contributed by atoms with E-state index in [9.17, 15) is 19.2 Å². The summed E-state index contributed by atoms with van der Waals surface area (Å²) in [5.74, 6) is -3.13. The van der Waals surface area contributed by atoms with Gasteiger partial charge in [-0.1, -0.05) is 46.6 Å². The third-order valence-corrected chi connectivity index (χ3v) is 6.07. The number of esters is 4. The fraction of sp³-hybridized carbons (Fsp3) is 0.471. The second kappa shape index (κ2) is 18.5. The predicted octanol–water partition coefficient (Wildman–Crippen LogP) is 8.08. The lowest BCUT2D eigenvalue weighted by Crippen LogP contribution is -2.14. The van der Waals surface area contributed by atoms with E-state index in [4.69, 9.17) is 18.9 Å². The summed E-state index contributed by atoms with van der Waals surface area (Å²) >= 11 is 0. The first kappa shape index (κ1) is 36.1. The van der Waals surface area contributed by atoms with Crippen molar-refractivity contribution in [3.8, 4) is 23.0 Å². The van der Waals surface area contributed by atoms with Crippen molar-refractivity contribution in [2.75, 3.05) is 0 Å². The van der Waals surface area contributed by atoms with E-state index in [0.29, 0.717) is 0 Å². The topological polar surface area (TPSA) is 105 Å². The maximum atomic E-state index is 11.9. The van der Waals surface area contributed by atoms with Gasteiger partial charge >= 0.3 is 23.9 Å². The Kier molecular flexibility index (Phi) is 15.9. The van der Waals surface area contributed by atoms with Crippen LogP contribution in [0.15, 0.2) is 52.7 Å². The second-order valence-corrected chi connectivity index (χ2v) is 10.6. The van der Waals surface area contributed by atoms with E-state index in [-0.39, 0.29) is 35.0 Å². The van der Waals surface area contributed by atoms with Crippen molar-refractivity contribution >= 4 is 23.9 Å². The summed E-state index contributed by atoms with van der Waals surface area (Å²) in [6.07, 6.45) is 14.7. The zero-order chi connectivity index (χ0) is 31.8. The quantitative estimate of drug-likeness (QED) is 0.116. The van der Waals surface area contributed by atoms with Crippen molar-refractivity contribution < 1.29 is 38.1 Å². The van der Waals surface area contributed by atoms with Gasteiger partial charge in [0.15, 0.2) is 23.0 Å². The van der Waals surface area contributed by atoms with Crippen LogP contribution in [0.5, 0.6) is 23.0 Å². The molecule has 1 aromatic carbocycles. The molecule has 0 aromatic heterocycles. The molecule has 0 aliphatic rings. The van der Waals surface area contributed by atoms with Gasteiger partial charge in [0.1, 0.15) is 0 Å².